The Labute approximate surface area is 101 Å². The summed E-state index contributed by atoms with van der Waals surface area (Å²) in [4.78, 5) is 11.3. The minimum Gasteiger partial charge on any atom is -0.389 e. The first-order valence-electron chi connectivity index (χ1n) is 6.40. The molecule has 0 bridgehead atoms. The third-order valence-electron chi connectivity index (χ3n) is 2.79. The van der Waals surface area contributed by atoms with E-state index in [9.17, 15) is 4.79 Å². The van der Waals surface area contributed by atoms with Gasteiger partial charge in [-0.05, 0) is 18.8 Å². The van der Waals surface area contributed by atoms with Crippen LogP contribution in [0.4, 0.5) is 0 Å². The molecule has 0 amide bonds. The van der Waals surface area contributed by atoms with Gasteiger partial charge in [0.1, 0.15) is 5.78 Å². The molecule has 2 nitrogen and oxygen atoms in total. The van der Waals surface area contributed by atoms with Gasteiger partial charge in [-0.1, -0.05) is 40.7 Å². The number of unbranched alkanes of at least 4 members (excludes halogenated alkanes) is 2. The Morgan fingerprint density at radius 3 is 2.19 bits per heavy atom. The number of Topliss-reactive ketones (excluding diaryl/α,β-unsaturated/α-hetero) is 1. The van der Waals surface area contributed by atoms with Crippen molar-refractivity contribution >= 4 is 5.78 Å². The molecule has 0 heterocycles. The van der Waals surface area contributed by atoms with E-state index in [1.165, 1.54) is 0 Å². The van der Waals surface area contributed by atoms with E-state index in [4.69, 9.17) is 0 Å². The lowest BCUT2D eigenvalue weighted by Crippen LogP contribution is -2.17. The minimum atomic E-state index is 0.193. The molecule has 2 heteroatoms. The van der Waals surface area contributed by atoms with Crippen molar-refractivity contribution in [1.29, 1.82) is 0 Å². The zero-order valence-corrected chi connectivity index (χ0v) is 11.3. The summed E-state index contributed by atoms with van der Waals surface area (Å²) in [6, 6.07) is 0. The zero-order valence-electron chi connectivity index (χ0n) is 11.3. The van der Waals surface area contributed by atoms with Crippen LogP contribution in [0.25, 0.3) is 0 Å². The molecule has 0 unspecified atom stereocenters. The average Bonchev–Trinajstić information content (AvgIpc) is 2.21. The molecule has 0 aromatic rings. The quantitative estimate of drug-likeness (QED) is 0.608. The van der Waals surface area contributed by atoms with Gasteiger partial charge in [-0.3, -0.25) is 4.79 Å². The van der Waals surface area contributed by atoms with Crippen molar-refractivity contribution in [3.05, 3.63) is 12.3 Å². The van der Waals surface area contributed by atoms with Gasteiger partial charge in [0.15, 0.2) is 0 Å². The Morgan fingerprint density at radius 2 is 1.69 bits per heavy atom. The molecule has 16 heavy (non-hydrogen) atoms. The van der Waals surface area contributed by atoms with Crippen LogP contribution < -0.4 is 5.32 Å². The van der Waals surface area contributed by atoms with E-state index < -0.39 is 0 Å². The van der Waals surface area contributed by atoms with Gasteiger partial charge in [-0.25, -0.2) is 0 Å². The van der Waals surface area contributed by atoms with E-state index in [1.807, 2.05) is 13.8 Å². The second-order valence-corrected chi connectivity index (χ2v) is 5.04. The van der Waals surface area contributed by atoms with Crippen LogP contribution in [0, 0.1) is 11.8 Å². The number of ketones is 1. The smallest absolute Gasteiger partial charge is 0.135 e. The lowest BCUT2D eigenvalue weighted by molar-refractivity contribution is -0.122. The van der Waals surface area contributed by atoms with Crippen LogP contribution in [0.3, 0.4) is 0 Å². The average molecular weight is 225 g/mol. The molecule has 0 saturated heterocycles. The van der Waals surface area contributed by atoms with Crippen LogP contribution in [0.15, 0.2) is 12.3 Å². The Kier molecular flexibility index (Phi) is 7.96. The summed E-state index contributed by atoms with van der Waals surface area (Å²) in [5, 5.41) is 3.31. The molecule has 0 rings (SSSR count). The number of hydrogen-bond acceptors (Lipinski definition) is 2. The summed E-state index contributed by atoms with van der Waals surface area (Å²) in [5.41, 5.74) is 1.11. The summed E-state index contributed by atoms with van der Waals surface area (Å²) in [5.74, 6) is 1.08. The molecule has 0 aliphatic heterocycles. The predicted octanol–water partition coefficient (Wildman–Crippen LogP) is 3.53. The van der Waals surface area contributed by atoms with Crippen molar-refractivity contribution in [2.75, 3.05) is 6.54 Å². The number of allylic oxidation sites excluding steroid dienone is 1. The van der Waals surface area contributed by atoms with E-state index >= 15 is 0 Å². The van der Waals surface area contributed by atoms with E-state index in [-0.39, 0.29) is 5.92 Å². The maximum absolute atomic E-state index is 11.3. The monoisotopic (exact) mass is 225 g/mol. The Bertz CT molecular complexity index is 195. The fourth-order valence-electron chi connectivity index (χ4n) is 1.34. The topological polar surface area (TPSA) is 29.1 Å². The zero-order chi connectivity index (χ0) is 12.6. The summed E-state index contributed by atoms with van der Waals surface area (Å²) >= 11 is 0. The Hall–Kier alpha value is -0.790. The fraction of sp³-hybridized carbons (Fsp3) is 0.786. The highest BCUT2D eigenvalue weighted by Crippen LogP contribution is 2.07. The maximum Gasteiger partial charge on any atom is 0.135 e. The molecule has 0 saturated carbocycles. The molecule has 0 radical (unpaired) electrons. The molecule has 0 fully saturated rings. The van der Waals surface area contributed by atoms with Gasteiger partial charge >= 0.3 is 0 Å². The third-order valence-corrected chi connectivity index (χ3v) is 2.79. The van der Waals surface area contributed by atoms with Gasteiger partial charge in [0, 0.05) is 24.6 Å². The summed E-state index contributed by atoms with van der Waals surface area (Å²) < 4.78 is 0. The molecule has 0 aromatic carbocycles. The SMILES string of the molecule is C=C(NCCCCCC(=O)C(C)C)C(C)C. The van der Waals surface area contributed by atoms with Gasteiger partial charge in [0.2, 0.25) is 0 Å². The van der Waals surface area contributed by atoms with Crippen LogP contribution >= 0.6 is 0 Å². The van der Waals surface area contributed by atoms with Crippen molar-refractivity contribution in [3.8, 4) is 0 Å². The lowest BCUT2D eigenvalue weighted by atomic mass is 10.0. The van der Waals surface area contributed by atoms with Crippen molar-refractivity contribution in [2.24, 2.45) is 11.8 Å². The highest BCUT2D eigenvalue weighted by molar-refractivity contribution is 5.80. The van der Waals surface area contributed by atoms with Gasteiger partial charge in [0.25, 0.3) is 0 Å². The lowest BCUT2D eigenvalue weighted by Gasteiger charge is -2.12. The number of carbonyl (C=O) groups excluding carboxylic acids is 1. The Balaban J connectivity index is 3.35. The molecule has 0 aliphatic rings. The Morgan fingerprint density at radius 1 is 1.06 bits per heavy atom. The first-order valence-corrected chi connectivity index (χ1v) is 6.40. The standard InChI is InChI=1S/C14H27NO/c1-11(2)13(5)15-10-8-6-7-9-14(16)12(3)4/h11-12,15H,5-10H2,1-4H3. The van der Waals surface area contributed by atoms with Crippen molar-refractivity contribution < 1.29 is 4.79 Å². The molecule has 0 aromatic heterocycles. The van der Waals surface area contributed by atoms with Crippen LogP contribution in [-0.2, 0) is 4.79 Å². The highest BCUT2D eigenvalue weighted by Gasteiger charge is 2.05. The summed E-state index contributed by atoms with van der Waals surface area (Å²) in [6.45, 7) is 13.1. The second kappa shape index (κ2) is 8.37. The van der Waals surface area contributed by atoms with Crippen LogP contribution in [0.1, 0.15) is 53.4 Å². The molecule has 94 valence electrons. The van der Waals surface area contributed by atoms with Crippen molar-refractivity contribution in [3.63, 3.8) is 0 Å². The molecule has 1 N–H and O–H groups in total. The van der Waals surface area contributed by atoms with E-state index in [2.05, 4.69) is 25.7 Å². The van der Waals surface area contributed by atoms with Gasteiger partial charge in [0.05, 0.1) is 0 Å². The van der Waals surface area contributed by atoms with Crippen LogP contribution in [-0.4, -0.2) is 12.3 Å². The minimum absolute atomic E-state index is 0.193. The van der Waals surface area contributed by atoms with E-state index in [0.29, 0.717) is 11.7 Å². The molecule has 0 atom stereocenters. The fourth-order valence-corrected chi connectivity index (χ4v) is 1.34. The number of rotatable bonds is 9. The molecule has 0 aliphatic carbocycles. The van der Waals surface area contributed by atoms with Crippen molar-refractivity contribution in [2.45, 2.75) is 53.4 Å². The first kappa shape index (κ1) is 15.2. The van der Waals surface area contributed by atoms with Crippen LogP contribution in [0.2, 0.25) is 0 Å². The number of carbonyl (C=O) groups is 1. The molecular formula is C14H27NO. The molecular weight excluding hydrogens is 198 g/mol. The molecule has 0 spiro atoms. The third kappa shape index (κ3) is 7.49. The maximum atomic E-state index is 11.3. The van der Waals surface area contributed by atoms with E-state index in [1.54, 1.807) is 0 Å². The number of hydrogen-bond donors (Lipinski definition) is 1. The predicted molar refractivity (Wildman–Crippen MR) is 70.3 cm³/mol. The van der Waals surface area contributed by atoms with Gasteiger partial charge in [-0.15, -0.1) is 0 Å². The normalized spacial score (nSPS) is 10.9. The number of nitrogens with one attached hydrogen (secondary N) is 1. The highest BCUT2D eigenvalue weighted by atomic mass is 16.1. The second-order valence-electron chi connectivity index (χ2n) is 5.04. The summed E-state index contributed by atoms with van der Waals surface area (Å²) in [6.07, 6.45) is 4.00. The largest absolute Gasteiger partial charge is 0.389 e. The van der Waals surface area contributed by atoms with Crippen LogP contribution in [0.5, 0.6) is 0 Å². The summed E-state index contributed by atoms with van der Waals surface area (Å²) in [7, 11) is 0. The van der Waals surface area contributed by atoms with Gasteiger partial charge < -0.3 is 5.32 Å². The van der Waals surface area contributed by atoms with Crippen molar-refractivity contribution in [1.82, 2.24) is 5.32 Å². The first-order chi connectivity index (χ1) is 7.45. The van der Waals surface area contributed by atoms with E-state index in [0.717, 1.165) is 37.9 Å². The van der Waals surface area contributed by atoms with Gasteiger partial charge in [-0.2, -0.15) is 0 Å².